The van der Waals surface area contributed by atoms with Crippen molar-refractivity contribution in [2.75, 3.05) is 18.0 Å². The fraction of sp³-hybridized carbons (Fsp3) is 0.333. The third-order valence-corrected chi connectivity index (χ3v) is 4.59. The molecule has 0 saturated heterocycles. The molecule has 3 heteroatoms. The van der Waals surface area contributed by atoms with Crippen LogP contribution in [0.25, 0.3) is 6.08 Å². The Balaban J connectivity index is 2.57. The van der Waals surface area contributed by atoms with Gasteiger partial charge in [-0.05, 0) is 39.2 Å². The summed E-state index contributed by atoms with van der Waals surface area (Å²) in [5, 5.41) is 1.31. The third-order valence-electron chi connectivity index (χ3n) is 2.70. The SMILES string of the molecule is CC1C=Cc2cccc(P)c2N1P(C)C. The fourth-order valence-corrected chi connectivity index (χ4v) is 4.03. The molecule has 0 aliphatic carbocycles. The topological polar surface area (TPSA) is 3.24 Å². The highest BCUT2D eigenvalue weighted by Gasteiger charge is 2.22. The van der Waals surface area contributed by atoms with E-state index < -0.39 is 0 Å². The van der Waals surface area contributed by atoms with Crippen molar-refractivity contribution in [1.82, 2.24) is 0 Å². The van der Waals surface area contributed by atoms with Crippen molar-refractivity contribution in [1.29, 1.82) is 0 Å². The van der Waals surface area contributed by atoms with E-state index in [9.17, 15) is 0 Å². The monoisotopic (exact) mass is 237 g/mol. The summed E-state index contributed by atoms with van der Waals surface area (Å²) in [6.45, 7) is 6.89. The largest absolute Gasteiger partial charge is 0.344 e. The summed E-state index contributed by atoms with van der Waals surface area (Å²) in [5.74, 6) is 0. The van der Waals surface area contributed by atoms with Crippen molar-refractivity contribution in [2.45, 2.75) is 13.0 Å². The first-order chi connectivity index (χ1) is 7.11. The Morgan fingerprint density at radius 2 is 2.07 bits per heavy atom. The van der Waals surface area contributed by atoms with Gasteiger partial charge in [0.2, 0.25) is 0 Å². The fourth-order valence-electron chi connectivity index (χ4n) is 2.07. The van der Waals surface area contributed by atoms with E-state index in [0.717, 1.165) is 0 Å². The molecule has 1 aliphatic heterocycles. The zero-order valence-corrected chi connectivity index (χ0v) is 11.5. The molecule has 15 heavy (non-hydrogen) atoms. The summed E-state index contributed by atoms with van der Waals surface area (Å²) in [6, 6.07) is 6.99. The van der Waals surface area contributed by atoms with Gasteiger partial charge < -0.3 is 4.67 Å². The minimum absolute atomic E-state index is 0.0920. The quantitative estimate of drug-likeness (QED) is 0.678. The van der Waals surface area contributed by atoms with E-state index >= 15 is 0 Å². The second-order valence-electron chi connectivity index (χ2n) is 4.08. The lowest BCUT2D eigenvalue weighted by atomic mass is 10.1. The molecular weight excluding hydrogens is 220 g/mol. The first-order valence-corrected chi connectivity index (χ1v) is 7.91. The lowest BCUT2D eigenvalue weighted by Gasteiger charge is -2.38. The molecule has 1 heterocycles. The Morgan fingerprint density at radius 3 is 2.73 bits per heavy atom. The number of para-hydroxylation sites is 1. The Labute approximate surface area is 95.6 Å². The molecule has 0 aromatic heterocycles. The van der Waals surface area contributed by atoms with Gasteiger partial charge in [0.25, 0.3) is 0 Å². The van der Waals surface area contributed by atoms with Gasteiger partial charge in [0.1, 0.15) is 0 Å². The summed E-state index contributed by atoms with van der Waals surface area (Å²) >= 11 is 0. The molecule has 2 atom stereocenters. The number of rotatable bonds is 1. The van der Waals surface area contributed by atoms with Crippen molar-refractivity contribution in [3.05, 3.63) is 29.8 Å². The van der Waals surface area contributed by atoms with Gasteiger partial charge >= 0.3 is 0 Å². The first kappa shape index (κ1) is 11.1. The third kappa shape index (κ3) is 1.96. The number of hydrogen-bond acceptors (Lipinski definition) is 1. The molecule has 2 rings (SSSR count). The van der Waals surface area contributed by atoms with Crippen LogP contribution in [0.3, 0.4) is 0 Å². The van der Waals surface area contributed by atoms with E-state index in [1.807, 2.05) is 0 Å². The molecule has 0 N–H and O–H groups in total. The van der Waals surface area contributed by atoms with Crippen LogP contribution >= 0.6 is 17.3 Å². The van der Waals surface area contributed by atoms with Crippen molar-refractivity contribution >= 4 is 34.4 Å². The summed E-state index contributed by atoms with van der Waals surface area (Å²) in [6.07, 6.45) is 4.53. The molecular formula is C12H17NP2. The van der Waals surface area contributed by atoms with Crippen LogP contribution in [0.1, 0.15) is 12.5 Å². The van der Waals surface area contributed by atoms with Crippen molar-refractivity contribution in [3.63, 3.8) is 0 Å². The van der Waals surface area contributed by atoms with E-state index in [4.69, 9.17) is 0 Å². The molecule has 1 aromatic carbocycles. The van der Waals surface area contributed by atoms with Crippen molar-refractivity contribution in [2.24, 2.45) is 0 Å². The minimum Gasteiger partial charge on any atom is -0.344 e. The standard InChI is InChI=1S/C12H17NP2/c1-9-7-8-10-5-4-6-11(14)12(10)13(9)15(2)3/h4-9H,14H2,1-3H3. The number of hydrogen-bond donors (Lipinski definition) is 0. The summed E-state index contributed by atoms with van der Waals surface area (Å²) in [4.78, 5) is 0. The van der Waals surface area contributed by atoms with Gasteiger partial charge in [-0.2, -0.15) is 0 Å². The molecule has 2 unspecified atom stereocenters. The van der Waals surface area contributed by atoms with Gasteiger partial charge in [-0.15, -0.1) is 9.24 Å². The van der Waals surface area contributed by atoms with Crippen LogP contribution in [0.2, 0.25) is 0 Å². The number of benzene rings is 1. The second kappa shape index (κ2) is 4.24. The Hall–Kier alpha value is -0.380. The van der Waals surface area contributed by atoms with Gasteiger partial charge in [0.15, 0.2) is 0 Å². The van der Waals surface area contributed by atoms with E-state index in [0.29, 0.717) is 6.04 Å². The maximum atomic E-state index is 2.85. The van der Waals surface area contributed by atoms with Crippen LogP contribution in [-0.4, -0.2) is 19.4 Å². The van der Waals surface area contributed by atoms with Crippen LogP contribution < -0.4 is 9.97 Å². The zero-order chi connectivity index (χ0) is 11.0. The molecule has 0 bridgehead atoms. The van der Waals surface area contributed by atoms with Gasteiger partial charge in [-0.3, -0.25) is 0 Å². The van der Waals surface area contributed by atoms with E-state index in [2.05, 4.69) is 64.5 Å². The van der Waals surface area contributed by atoms with E-state index in [1.165, 1.54) is 16.6 Å². The average molecular weight is 237 g/mol. The minimum atomic E-state index is -0.0920. The predicted molar refractivity (Wildman–Crippen MR) is 75.5 cm³/mol. The molecule has 1 aliphatic rings. The predicted octanol–water partition coefficient (Wildman–Crippen LogP) is 3.07. The van der Waals surface area contributed by atoms with Gasteiger partial charge in [0.05, 0.1) is 5.69 Å². The zero-order valence-electron chi connectivity index (χ0n) is 9.44. The lowest BCUT2D eigenvalue weighted by Crippen LogP contribution is -2.31. The highest BCUT2D eigenvalue weighted by molar-refractivity contribution is 7.57. The van der Waals surface area contributed by atoms with E-state index in [-0.39, 0.29) is 8.07 Å². The maximum absolute atomic E-state index is 2.85. The van der Waals surface area contributed by atoms with Crippen LogP contribution in [0.4, 0.5) is 5.69 Å². The van der Waals surface area contributed by atoms with E-state index in [1.54, 1.807) is 0 Å². The molecule has 0 spiro atoms. The maximum Gasteiger partial charge on any atom is 0.0550 e. The number of fused-ring (bicyclic) bond motifs is 1. The molecule has 1 aromatic rings. The summed E-state index contributed by atoms with van der Waals surface area (Å²) in [7, 11) is 2.76. The van der Waals surface area contributed by atoms with Gasteiger partial charge in [-0.1, -0.05) is 30.4 Å². The molecule has 0 fully saturated rings. The first-order valence-electron chi connectivity index (χ1n) is 5.14. The molecule has 0 saturated carbocycles. The van der Waals surface area contributed by atoms with Crippen LogP contribution in [0.5, 0.6) is 0 Å². The molecule has 0 radical (unpaired) electrons. The smallest absolute Gasteiger partial charge is 0.0550 e. The van der Waals surface area contributed by atoms with Crippen LogP contribution in [-0.2, 0) is 0 Å². The molecule has 80 valence electrons. The van der Waals surface area contributed by atoms with Crippen molar-refractivity contribution in [3.8, 4) is 0 Å². The van der Waals surface area contributed by atoms with Crippen LogP contribution in [0, 0.1) is 0 Å². The lowest BCUT2D eigenvalue weighted by molar-refractivity contribution is 0.911. The van der Waals surface area contributed by atoms with Crippen LogP contribution in [0.15, 0.2) is 24.3 Å². The summed E-state index contributed by atoms with van der Waals surface area (Å²) in [5.41, 5.74) is 2.74. The summed E-state index contributed by atoms with van der Waals surface area (Å²) < 4.78 is 2.53. The number of anilines is 1. The number of nitrogens with zero attached hydrogens (tertiary/aromatic N) is 1. The molecule has 0 amide bonds. The second-order valence-corrected chi connectivity index (χ2v) is 6.82. The molecule has 1 nitrogen and oxygen atoms in total. The highest BCUT2D eigenvalue weighted by Crippen LogP contribution is 2.43. The Morgan fingerprint density at radius 1 is 1.33 bits per heavy atom. The van der Waals surface area contributed by atoms with Crippen molar-refractivity contribution < 1.29 is 0 Å². The Kier molecular flexibility index (Phi) is 3.14. The normalized spacial score (nSPS) is 19.5. The average Bonchev–Trinajstić information content (AvgIpc) is 2.18. The van der Waals surface area contributed by atoms with Gasteiger partial charge in [-0.25, -0.2) is 0 Å². The highest BCUT2D eigenvalue weighted by atomic mass is 31.1. The Bertz CT molecular complexity index is 399. The van der Waals surface area contributed by atoms with Gasteiger partial charge in [0, 0.05) is 6.04 Å².